The lowest BCUT2D eigenvalue weighted by molar-refractivity contribution is -0.160. The molecule has 1 fully saturated rings. The molecule has 1 aliphatic heterocycles. The molecule has 0 radical (unpaired) electrons. The minimum atomic E-state index is -4.29. The zero-order valence-electron chi connectivity index (χ0n) is 18.7. The molecule has 1 amide bonds. The maximum Gasteiger partial charge on any atom is 0.403 e. The molecule has 3 aromatic rings. The van der Waals surface area contributed by atoms with Crippen LogP contribution in [0.15, 0.2) is 49.2 Å². The van der Waals surface area contributed by atoms with E-state index in [-0.39, 0.29) is 24.9 Å². The maximum absolute atomic E-state index is 12.8. The summed E-state index contributed by atoms with van der Waals surface area (Å²) < 4.78 is 49.6. The Morgan fingerprint density at radius 2 is 1.97 bits per heavy atom. The van der Waals surface area contributed by atoms with Gasteiger partial charge in [0.15, 0.2) is 11.6 Å². The van der Waals surface area contributed by atoms with E-state index in [2.05, 4.69) is 30.6 Å². The second-order valence-electron chi connectivity index (χ2n) is 7.80. The molecular formula is C23H23F3N6O3. The van der Waals surface area contributed by atoms with Crippen LogP contribution in [0.5, 0.6) is 17.4 Å². The third kappa shape index (κ3) is 6.21. The summed E-state index contributed by atoms with van der Waals surface area (Å²) in [6.07, 6.45) is 3.18. The summed E-state index contributed by atoms with van der Waals surface area (Å²) in [6.45, 7) is 2.35. The van der Waals surface area contributed by atoms with Crippen molar-refractivity contribution in [3.05, 3.63) is 54.7 Å². The molecule has 184 valence electrons. The molecule has 4 heterocycles. The van der Waals surface area contributed by atoms with E-state index >= 15 is 0 Å². The number of carbonyl (C=O) groups excluding carboxylic acids is 1. The highest BCUT2D eigenvalue weighted by atomic mass is 19.4. The zero-order valence-corrected chi connectivity index (χ0v) is 18.7. The fourth-order valence-corrected chi connectivity index (χ4v) is 3.55. The number of nitrogens with zero attached hydrogens (tertiary/aromatic N) is 4. The van der Waals surface area contributed by atoms with Gasteiger partial charge in [0.25, 0.3) is 11.8 Å². The Morgan fingerprint density at radius 1 is 1.17 bits per heavy atom. The number of ether oxygens (including phenoxy) is 2. The summed E-state index contributed by atoms with van der Waals surface area (Å²) in [4.78, 5) is 29.3. The molecule has 1 aliphatic rings. The number of halogens is 3. The van der Waals surface area contributed by atoms with Crippen LogP contribution in [0.25, 0.3) is 11.4 Å². The van der Waals surface area contributed by atoms with Gasteiger partial charge in [0.2, 0.25) is 0 Å². The number of alkyl halides is 3. The van der Waals surface area contributed by atoms with Gasteiger partial charge < -0.3 is 20.1 Å². The van der Waals surface area contributed by atoms with Gasteiger partial charge in [0.05, 0.1) is 18.4 Å². The summed E-state index contributed by atoms with van der Waals surface area (Å²) in [5, 5.41) is 5.15. The first-order chi connectivity index (χ1) is 16.8. The molecule has 12 heteroatoms. The van der Waals surface area contributed by atoms with Crippen LogP contribution in [0.1, 0.15) is 30.1 Å². The Hall–Kier alpha value is -3.80. The Bertz CT molecular complexity index is 1150. The first-order valence-corrected chi connectivity index (χ1v) is 11.0. The second kappa shape index (κ2) is 10.6. The summed E-state index contributed by atoms with van der Waals surface area (Å²) in [5.41, 5.74) is 0.750. The van der Waals surface area contributed by atoms with E-state index in [1.807, 2.05) is 6.92 Å². The number of amides is 1. The predicted molar refractivity (Wildman–Crippen MR) is 119 cm³/mol. The van der Waals surface area contributed by atoms with Crippen LogP contribution in [0.4, 0.5) is 13.2 Å². The third-order valence-electron chi connectivity index (χ3n) is 5.28. The molecule has 0 aromatic carbocycles. The van der Waals surface area contributed by atoms with Crippen molar-refractivity contribution in [2.45, 2.75) is 38.0 Å². The average molecular weight is 488 g/mol. The van der Waals surface area contributed by atoms with E-state index in [0.29, 0.717) is 35.4 Å². The molecular weight excluding hydrogens is 465 g/mol. The van der Waals surface area contributed by atoms with Gasteiger partial charge >= 0.3 is 6.18 Å². The van der Waals surface area contributed by atoms with Gasteiger partial charge in [0, 0.05) is 42.9 Å². The minimum absolute atomic E-state index is 0.0363. The van der Waals surface area contributed by atoms with Crippen LogP contribution >= 0.6 is 0 Å². The van der Waals surface area contributed by atoms with Gasteiger partial charge in [-0.1, -0.05) is 0 Å². The molecule has 0 unspecified atom stereocenters. The van der Waals surface area contributed by atoms with Crippen molar-refractivity contribution in [3.63, 3.8) is 0 Å². The smallest absolute Gasteiger partial charge is 0.403 e. The normalized spacial score (nSPS) is 18.1. The predicted octanol–water partition coefficient (Wildman–Crippen LogP) is 3.54. The van der Waals surface area contributed by atoms with E-state index in [9.17, 15) is 18.0 Å². The lowest BCUT2D eigenvalue weighted by atomic mass is 10.00. The molecule has 0 spiro atoms. The van der Waals surface area contributed by atoms with Gasteiger partial charge in [-0.3, -0.25) is 9.78 Å². The Labute approximate surface area is 199 Å². The molecule has 3 aromatic heterocycles. The molecule has 0 bridgehead atoms. The molecule has 0 saturated carbocycles. The topological polar surface area (TPSA) is 111 Å². The van der Waals surface area contributed by atoms with Crippen molar-refractivity contribution in [3.8, 4) is 28.8 Å². The van der Waals surface area contributed by atoms with E-state index < -0.39 is 24.2 Å². The number of aromatic nitrogens is 4. The molecule has 0 aliphatic carbocycles. The van der Waals surface area contributed by atoms with Crippen molar-refractivity contribution in [1.29, 1.82) is 0 Å². The fraction of sp³-hybridized carbons (Fsp3) is 0.348. The highest BCUT2D eigenvalue weighted by molar-refractivity contribution is 5.93. The van der Waals surface area contributed by atoms with Crippen molar-refractivity contribution < 1.29 is 27.4 Å². The maximum atomic E-state index is 12.8. The van der Waals surface area contributed by atoms with Crippen LogP contribution in [0.3, 0.4) is 0 Å². The van der Waals surface area contributed by atoms with Crippen LogP contribution in [-0.4, -0.2) is 57.3 Å². The molecule has 9 nitrogen and oxygen atoms in total. The van der Waals surface area contributed by atoms with Gasteiger partial charge in [-0.15, -0.1) is 0 Å². The third-order valence-corrected chi connectivity index (χ3v) is 5.28. The quantitative estimate of drug-likeness (QED) is 0.520. The highest BCUT2D eigenvalue weighted by Crippen LogP contribution is 2.30. The summed E-state index contributed by atoms with van der Waals surface area (Å²) in [5.74, 6) is 1.05. The van der Waals surface area contributed by atoms with E-state index in [4.69, 9.17) is 9.47 Å². The molecule has 4 rings (SSSR count). The molecule has 1 saturated heterocycles. The minimum Gasteiger partial charge on any atom is -0.488 e. The lowest BCUT2D eigenvalue weighted by Gasteiger charge is -2.31. The van der Waals surface area contributed by atoms with Crippen molar-refractivity contribution in [2.24, 2.45) is 0 Å². The monoisotopic (exact) mass is 488 g/mol. The fourth-order valence-electron chi connectivity index (χ4n) is 3.55. The highest BCUT2D eigenvalue weighted by Gasteiger charge is 2.41. The molecule has 2 N–H and O–H groups in total. The van der Waals surface area contributed by atoms with Crippen LogP contribution in [0.2, 0.25) is 0 Å². The number of rotatable bonds is 7. The van der Waals surface area contributed by atoms with E-state index in [1.165, 1.54) is 18.6 Å². The zero-order chi connectivity index (χ0) is 24.8. The van der Waals surface area contributed by atoms with Gasteiger partial charge in [-0.2, -0.15) is 13.2 Å². The van der Waals surface area contributed by atoms with Gasteiger partial charge in [-0.05, 0) is 38.0 Å². The first-order valence-electron chi connectivity index (χ1n) is 11.0. The Morgan fingerprint density at radius 3 is 2.66 bits per heavy atom. The van der Waals surface area contributed by atoms with Gasteiger partial charge in [0.1, 0.15) is 11.8 Å². The average Bonchev–Trinajstić information content (AvgIpc) is 2.85. The molecule has 35 heavy (non-hydrogen) atoms. The number of pyridine rings is 2. The number of hydrogen-bond acceptors (Lipinski definition) is 8. The number of piperidine rings is 1. The van der Waals surface area contributed by atoms with E-state index in [0.717, 1.165) is 0 Å². The summed E-state index contributed by atoms with van der Waals surface area (Å²) in [7, 11) is 0. The summed E-state index contributed by atoms with van der Waals surface area (Å²) >= 11 is 0. The van der Waals surface area contributed by atoms with Crippen molar-refractivity contribution in [1.82, 2.24) is 30.6 Å². The standard InChI is InChI=1S/C23H23F3N6O3/c1-2-34-18-4-3-7-28-22(18)35-17-8-14(9-27-13-17)20-30-10-15(11-31-20)21(33)32-16-5-6-19(29-12-16)23(24,25)26/h3-4,7-11,13,16,19,29H,2,5-6,12H2,1H3,(H,32,33)/t16-,19-/m0/s1. The SMILES string of the molecule is CCOc1cccnc1Oc1cncc(-c2ncc(C(=O)N[C@H]3CC[C@@H](C(F)(F)F)NC3)cn2)c1. The molecule has 2 atom stereocenters. The first kappa shape index (κ1) is 24.3. The number of nitrogens with one attached hydrogen (secondary N) is 2. The lowest BCUT2D eigenvalue weighted by Crippen LogP contribution is -2.54. The second-order valence-corrected chi connectivity index (χ2v) is 7.80. The van der Waals surface area contributed by atoms with Crippen LogP contribution in [-0.2, 0) is 0 Å². The number of hydrogen-bond donors (Lipinski definition) is 2. The van der Waals surface area contributed by atoms with Gasteiger partial charge in [-0.25, -0.2) is 15.0 Å². The van der Waals surface area contributed by atoms with Crippen LogP contribution < -0.4 is 20.1 Å². The Balaban J connectivity index is 1.39. The Kier molecular flexibility index (Phi) is 7.39. The number of carbonyl (C=O) groups is 1. The largest absolute Gasteiger partial charge is 0.488 e. The van der Waals surface area contributed by atoms with Crippen LogP contribution in [0, 0.1) is 0 Å². The summed E-state index contributed by atoms with van der Waals surface area (Å²) in [6, 6.07) is 3.20. The van der Waals surface area contributed by atoms with Crippen molar-refractivity contribution >= 4 is 5.91 Å². The van der Waals surface area contributed by atoms with Crippen molar-refractivity contribution in [2.75, 3.05) is 13.2 Å². The van der Waals surface area contributed by atoms with E-state index in [1.54, 1.807) is 30.6 Å².